The van der Waals surface area contributed by atoms with Crippen LogP contribution >= 0.6 is 0 Å². The molecule has 1 aromatic rings. The van der Waals surface area contributed by atoms with Gasteiger partial charge in [-0.1, -0.05) is 6.42 Å². The summed E-state index contributed by atoms with van der Waals surface area (Å²) in [6, 6.07) is 3.48. The molecule has 0 heterocycles. The van der Waals surface area contributed by atoms with Crippen molar-refractivity contribution in [1.82, 2.24) is 0 Å². The number of halogens is 1. The Hall–Kier alpha value is -1.58. The molecule has 86 valence electrons. The first kappa shape index (κ1) is 10.9. The zero-order chi connectivity index (χ0) is 11.5. The Morgan fingerprint density at radius 2 is 2.25 bits per heavy atom. The highest BCUT2D eigenvalue weighted by molar-refractivity contribution is 5.90. The lowest BCUT2D eigenvalue weighted by molar-refractivity contribution is 0.0689. The molecule has 2 rings (SSSR count). The van der Waals surface area contributed by atoms with Gasteiger partial charge in [0.1, 0.15) is 17.1 Å². The van der Waals surface area contributed by atoms with Crippen LogP contribution in [0.3, 0.4) is 0 Å². The Bertz CT molecular complexity index is 399. The first-order chi connectivity index (χ1) is 7.66. The van der Waals surface area contributed by atoms with Crippen LogP contribution in [0.4, 0.5) is 4.39 Å². The molecule has 0 atom stereocenters. The highest BCUT2D eigenvalue weighted by Crippen LogP contribution is 2.28. The van der Waals surface area contributed by atoms with Gasteiger partial charge in [-0.3, -0.25) is 0 Å². The van der Waals surface area contributed by atoms with Gasteiger partial charge in [-0.2, -0.15) is 0 Å². The average molecular weight is 224 g/mol. The molecule has 1 aromatic carbocycles. The van der Waals surface area contributed by atoms with Crippen LogP contribution in [0.5, 0.6) is 5.75 Å². The Morgan fingerprint density at radius 3 is 2.81 bits per heavy atom. The Labute approximate surface area is 92.9 Å². The Morgan fingerprint density at radius 1 is 1.50 bits per heavy atom. The van der Waals surface area contributed by atoms with Crippen LogP contribution in [-0.2, 0) is 0 Å². The van der Waals surface area contributed by atoms with Crippen LogP contribution in [0.25, 0.3) is 0 Å². The summed E-state index contributed by atoms with van der Waals surface area (Å²) in [5, 5.41) is 8.89. The Kier molecular flexibility index (Phi) is 3.08. The van der Waals surface area contributed by atoms with Gasteiger partial charge in [0.25, 0.3) is 0 Å². The predicted molar refractivity (Wildman–Crippen MR) is 56.2 cm³/mol. The summed E-state index contributed by atoms with van der Waals surface area (Å²) >= 11 is 0. The van der Waals surface area contributed by atoms with Crippen LogP contribution in [0.2, 0.25) is 0 Å². The second-order valence-corrected chi connectivity index (χ2v) is 4.05. The minimum Gasteiger partial charge on any atom is -0.492 e. The quantitative estimate of drug-likeness (QED) is 0.855. The number of aromatic carboxylic acids is 1. The van der Waals surface area contributed by atoms with Crippen molar-refractivity contribution in [2.24, 2.45) is 5.92 Å². The van der Waals surface area contributed by atoms with Crippen LogP contribution in [-0.4, -0.2) is 17.7 Å². The molecule has 3 nitrogen and oxygen atoms in total. The average Bonchev–Trinajstić information content (AvgIpc) is 2.14. The lowest BCUT2D eigenvalue weighted by Gasteiger charge is -2.25. The molecule has 1 fully saturated rings. The maximum absolute atomic E-state index is 13.0. The number of rotatable bonds is 4. The summed E-state index contributed by atoms with van der Waals surface area (Å²) in [7, 11) is 0. The summed E-state index contributed by atoms with van der Waals surface area (Å²) in [5.74, 6) is -0.957. The predicted octanol–water partition coefficient (Wildman–Crippen LogP) is 2.70. The number of hydrogen-bond donors (Lipinski definition) is 1. The highest BCUT2D eigenvalue weighted by Gasteiger charge is 2.19. The summed E-state index contributed by atoms with van der Waals surface area (Å²) in [4.78, 5) is 10.9. The van der Waals surface area contributed by atoms with Crippen LogP contribution in [0, 0.1) is 11.7 Å². The molecule has 1 saturated carbocycles. The normalized spacial score (nSPS) is 15.6. The monoisotopic (exact) mass is 224 g/mol. The fourth-order valence-electron chi connectivity index (χ4n) is 1.66. The molecule has 0 aromatic heterocycles. The van der Waals surface area contributed by atoms with Crippen LogP contribution in [0.15, 0.2) is 18.2 Å². The van der Waals surface area contributed by atoms with E-state index in [0.29, 0.717) is 12.5 Å². The van der Waals surface area contributed by atoms with E-state index in [9.17, 15) is 9.18 Å². The van der Waals surface area contributed by atoms with E-state index in [2.05, 4.69) is 0 Å². The number of ether oxygens (including phenoxy) is 1. The van der Waals surface area contributed by atoms with E-state index in [-0.39, 0.29) is 11.3 Å². The minimum atomic E-state index is -1.09. The van der Waals surface area contributed by atoms with Gasteiger partial charge in [-0.15, -0.1) is 0 Å². The lowest BCUT2D eigenvalue weighted by Crippen LogP contribution is -2.20. The van der Waals surface area contributed by atoms with Crippen molar-refractivity contribution < 1.29 is 19.0 Å². The molecule has 1 aliphatic carbocycles. The third-order valence-corrected chi connectivity index (χ3v) is 2.87. The number of carboxylic acid groups (broad SMARTS) is 1. The molecule has 0 amide bonds. The molecule has 1 N–H and O–H groups in total. The molecular formula is C12H13FO3. The highest BCUT2D eigenvalue weighted by atomic mass is 19.1. The largest absolute Gasteiger partial charge is 0.492 e. The van der Waals surface area contributed by atoms with Gasteiger partial charge in [0.2, 0.25) is 0 Å². The maximum atomic E-state index is 13.0. The minimum absolute atomic E-state index is 0.0146. The molecule has 4 heteroatoms. The lowest BCUT2D eigenvalue weighted by atomic mass is 9.86. The zero-order valence-corrected chi connectivity index (χ0v) is 8.78. The summed E-state index contributed by atoms with van der Waals surface area (Å²) in [5.41, 5.74) is 0.0146. The molecule has 0 aliphatic heterocycles. The fourth-order valence-corrected chi connectivity index (χ4v) is 1.66. The molecule has 0 bridgehead atoms. The second kappa shape index (κ2) is 4.51. The van der Waals surface area contributed by atoms with E-state index in [1.165, 1.54) is 12.5 Å². The van der Waals surface area contributed by atoms with E-state index in [0.717, 1.165) is 25.0 Å². The standard InChI is InChI=1S/C12H13FO3/c13-9-4-5-10(12(14)15)11(6-9)16-7-8-2-1-3-8/h4-6,8H,1-3,7H2,(H,14,15). The van der Waals surface area contributed by atoms with Crippen LogP contribution < -0.4 is 4.74 Å². The Balaban J connectivity index is 2.09. The van der Waals surface area contributed by atoms with E-state index in [1.807, 2.05) is 0 Å². The fraction of sp³-hybridized carbons (Fsp3) is 0.417. The number of hydrogen-bond acceptors (Lipinski definition) is 2. The van der Waals surface area contributed by atoms with Crippen LogP contribution in [0.1, 0.15) is 29.6 Å². The van der Waals surface area contributed by atoms with Gasteiger partial charge < -0.3 is 9.84 Å². The molecular weight excluding hydrogens is 211 g/mol. The van der Waals surface area contributed by atoms with Gasteiger partial charge in [0.15, 0.2) is 0 Å². The van der Waals surface area contributed by atoms with Gasteiger partial charge in [0.05, 0.1) is 6.61 Å². The number of benzene rings is 1. The number of carboxylic acids is 1. The summed E-state index contributed by atoms with van der Waals surface area (Å²) in [6.45, 7) is 0.476. The molecule has 0 saturated heterocycles. The first-order valence-electron chi connectivity index (χ1n) is 5.32. The van der Waals surface area contributed by atoms with E-state index in [1.54, 1.807) is 0 Å². The van der Waals surface area contributed by atoms with E-state index in [4.69, 9.17) is 9.84 Å². The topological polar surface area (TPSA) is 46.5 Å². The smallest absolute Gasteiger partial charge is 0.339 e. The zero-order valence-electron chi connectivity index (χ0n) is 8.78. The second-order valence-electron chi connectivity index (χ2n) is 4.05. The third kappa shape index (κ3) is 2.32. The SMILES string of the molecule is O=C(O)c1ccc(F)cc1OCC1CCC1. The van der Waals surface area contributed by atoms with Crippen molar-refractivity contribution in [3.63, 3.8) is 0 Å². The van der Waals surface area contributed by atoms with Crippen molar-refractivity contribution in [3.8, 4) is 5.75 Å². The molecule has 0 unspecified atom stereocenters. The number of carbonyl (C=O) groups is 1. The summed E-state index contributed by atoms with van der Waals surface area (Å²) < 4.78 is 18.3. The van der Waals surface area contributed by atoms with Crippen molar-refractivity contribution in [2.45, 2.75) is 19.3 Å². The first-order valence-corrected chi connectivity index (χ1v) is 5.32. The van der Waals surface area contributed by atoms with Crippen molar-refractivity contribution in [3.05, 3.63) is 29.6 Å². The van der Waals surface area contributed by atoms with E-state index >= 15 is 0 Å². The molecule has 0 spiro atoms. The van der Waals surface area contributed by atoms with Crippen molar-refractivity contribution in [2.75, 3.05) is 6.61 Å². The van der Waals surface area contributed by atoms with Crippen molar-refractivity contribution in [1.29, 1.82) is 0 Å². The van der Waals surface area contributed by atoms with Gasteiger partial charge >= 0.3 is 5.97 Å². The molecule has 16 heavy (non-hydrogen) atoms. The van der Waals surface area contributed by atoms with Gasteiger partial charge in [0, 0.05) is 6.07 Å². The molecule has 1 aliphatic rings. The molecule has 0 radical (unpaired) electrons. The van der Waals surface area contributed by atoms with Gasteiger partial charge in [-0.05, 0) is 30.9 Å². The maximum Gasteiger partial charge on any atom is 0.339 e. The van der Waals surface area contributed by atoms with Crippen molar-refractivity contribution >= 4 is 5.97 Å². The van der Waals surface area contributed by atoms with Gasteiger partial charge in [-0.25, -0.2) is 9.18 Å². The van der Waals surface area contributed by atoms with E-state index < -0.39 is 11.8 Å². The summed E-state index contributed by atoms with van der Waals surface area (Å²) in [6.07, 6.45) is 3.42. The third-order valence-electron chi connectivity index (χ3n) is 2.87.